The van der Waals surface area contributed by atoms with Crippen molar-refractivity contribution in [2.45, 2.75) is 19.3 Å². The molecule has 1 aromatic heterocycles. The Balaban J connectivity index is 2.02. The van der Waals surface area contributed by atoms with Crippen LogP contribution in [0.15, 0.2) is 58.4 Å². The molecule has 0 atom stereocenters. The van der Waals surface area contributed by atoms with Crippen LogP contribution in [-0.4, -0.2) is 52.8 Å². The van der Waals surface area contributed by atoms with Gasteiger partial charge in [0.1, 0.15) is 17.1 Å². The van der Waals surface area contributed by atoms with Crippen LogP contribution in [0.4, 0.5) is 0 Å². The quantitative estimate of drug-likeness (QED) is 0.438. The summed E-state index contributed by atoms with van der Waals surface area (Å²) in [5.41, 5.74) is 0.491. The summed E-state index contributed by atoms with van der Waals surface area (Å²) in [4.78, 5) is 13.6. The number of ether oxygens (including phenoxy) is 2. The topological polar surface area (TPSA) is 81.2 Å². The minimum absolute atomic E-state index is 0.0194. The van der Waals surface area contributed by atoms with Crippen LogP contribution in [0.3, 0.4) is 0 Å². The van der Waals surface area contributed by atoms with Gasteiger partial charge in [0.05, 0.1) is 31.8 Å². The average Bonchev–Trinajstić information content (AvgIpc) is 2.85. The maximum atomic E-state index is 13.6. The van der Waals surface area contributed by atoms with Crippen LogP contribution in [0.25, 0.3) is 11.4 Å². The largest absolute Gasteiger partial charge is 0.495 e. The number of hydrogen-bond acceptors (Lipinski definition) is 7. The molecule has 0 saturated carbocycles. The van der Waals surface area contributed by atoms with E-state index in [4.69, 9.17) is 21.7 Å². The van der Waals surface area contributed by atoms with Gasteiger partial charge in [-0.2, -0.15) is 5.10 Å². The second kappa shape index (κ2) is 9.91. The Hall–Kier alpha value is -3.59. The Labute approximate surface area is 196 Å². The third-order valence-corrected chi connectivity index (χ3v) is 5.97. The number of nitrogens with zero attached hydrogens (tertiary/aromatic N) is 4. The molecule has 0 unspecified atom stereocenters. The monoisotopic (exact) mass is 466 g/mol. The summed E-state index contributed by atoms with van der Waals surface area (Å²) in [5, 5.41) is 17.6. The lowest BCUT2D eigenvalue weighted by atomic mass is 10.2. The fourth-order valence-corrected chi connectivity index (χ4v) is 4.28. The van der Waals surface area contributed by atoms with Crippen molar-refractivity contribution in [2.75, 3.05) is 27.3 Å². The summed E-state index contributed by atoms with van der Waals surface area (Å²) in [5.74, 6) is 0.663. The summed E-state index contributed by atoms with van der Waals surface area (Å²) >= 11 is 5.71. The molecule has 8 nitrogen and oxygen atoms in total. The molecule has 0 aliphatic carbocycles. The highest BCUT2D eigenvalue weighted by molar-refractivity contribution is 7.71. The minimum atomic E-state index is -0.492. The fourth-order valence-electron chi connectivity index (χ4n) is 3.92. The Morgan fingerprint density at radius 2 is 1.45 bits per heavy atom. The molecule has 0 radical (unpaired) electrons. The number of aromatic hydroxyl groups is 1. The van der Waals surface area contributed by atoms with Gasteiger partial charge in [-0.15, -0.1) is 0 Å². The molecule has 4 rings (SSSR count). The molecule has 1 saturated heterocycles. The first-order valence-corrected chi connectivity index (χ1v) is 11.1. The molecule has 0 bridgehead atoms. The summed E-state index contributed by atoms with van der Waals surface area (Å²) in [6, 6.07) is 14.2. The summed E-state index contributed by atoms with van der Waals surface area (Å²) in [7, 11) is 3.06. The molecule has 3 aromatic rings. The standard InChI is InChI=1S/C24H26N4O4S/c1-31-20-12-6-4-10-18(20)27-22(29)17(16-25-26-14-8-3-9-15-26)23(30)28(24(27)33)19-11-5-7-13-21(19)32-2/h4-7,10-13,16,29H,3,8-9,14-15H2,1-2H3. The first-order chi connectivity index (χ1) is 16.1. The number of piperidine rings is 1. The zero-order valence-electron chi connectivity index (χ0n) is 18.6. The fraction of sp³-hybridized carbons (Fsp3) is 0.292. The normalized spacial score (nSPS) is 13.9. The Morgan fingerprint density at radius 1 is 0.909 bits per heavy atom. The van der Waals surface area contributed by atoms with Crippen molar-refractivity contribution >= 4 is 18.4 Å². The average molecular weight is 467 g/mol. The number of methoxy groups -OCH3 is 2. The number of aromatic nitrogens is 2. The minimum Gasteiger partial charge on any atom is -0.495 e. The SMILES string of the molecule is COc1ccccc1-n1c(O)c(C=NN2CCCCC2)c(=O)n(-c2ccccc2OC)c1=S. The predicted molar refractivity (Wildman–Crippen MR) is 130 cm³/mol. The van der Waals surface area contributed by atoms with Gasteiger partial charge in [-0.05, 0) is 55.7 Å². The Morgan fingerprint density at radius 3 is 2.03 bits per heavy atom. The van der Waals surface area contributed by atoms with E-state index in [1.807, 2.05) is 17.1 Å². The van der Waals surface area contributed by atoms with Crippen molar-refractivity contribution in [3.05, 3.63) is 69.2 Å². The van der Waals surface area contributed by atoms with E-state index in [1.165, 1.54) is 29.6 Å². The highest BCUT2D eigenvalue weighted by Crippen LogP contribution is 2.30. The molecule has 172 valence electrons. The Bertz CT molecular complexity index is 1290. The highest BCUT2D eigenvalue weighted by atomic mass is 32.1. The van der Waals surface area contributed by atoms with Crippen LogP contribution < -0.4 is 15.0 Å². The van der Waals surface area contributed by atoms with Gasteiger partial charge in [0, 0.05) is 13.1 Å². The van der Waals surface area contributed by atoms with Crippen molar-refractivity contribution in [1.29, 1.82) is 0 Å². The van der Waals surface area contributed by atoms with Gasteiger partial charge in [0.25, 0.3) is 5.56 Å². The molecular weight excluding hydrogens is 440 g/mol. The molecular formula is C24H26N4O4S. The van der Waals surface area contributed by atoms with E-state index in [9.17, 15) is 9.90 Å². The lowest BCUT2D eigenvalue weighted by molar-refractivity contribution is 0.240. The number of hydrogen-bond donors (Lipinski definition) is 1. The Kier molecular flexibility index (Phi) is 6.79. The number of para-hydroxylation sites is 4. The first kappa shape index (κ1) is 22.6. The second-order valence-corrected chi connectivity index (χ2v) is 7.96. The van der Waals surface area contributed by atoms with Crippen molar-refractivity contribution in [2.24, 2.45) is 5.10 Å². The van der Waals surface area contributed by atoms with Crippen molar-refractivity contribution < 1.29 is 14.6 Å². The molecule has 2 aromatic carbocycles. The van der Waals surface area contributed by atoms with E-state index in [0.717, 1.165) is 32.4 Å². The van der Waals surface area contributed by atoms with Crippen molar-refractivity contribution in [3.63, 3.8) is 0 Å². The van der Waals surface area contributed by atoms with Crippen LogP contribution in [0.1, 0.15) is 24.8 Å². The molecule has 0 amide bonds. The lowest BCUT2D eigenvalue weighted by Crippen LogP contribution is -2.29. The molecule has 0 spiro atoms. The van der Waals surface area contributed by atoms with E-state index in [-0.39, 0.29) is 16.2 Å². The van der Waals surface area contributed by atoms with Gasteiger partial charge in [-0.1, -0.05) is 24.3 Å². The van der Waals surface area contributed by atoms with E-state index in [0.29, 0.717) is 22.9 Å². The summed E-state index contributed by atoms with van der Waals surface area (Å²) < 4.78 is 13.8. The van der Waals surface area contributed by atoms with Gasteiger partial charge >= 0.3 is 0 Å². The zero-order valence-corrected chi connectivity index (χ0v) is 19.4. The molecule has 1 aliphatic rings. The molecule has 1 aliphatic heterocycles. The molecule has 1 fully saturated rings. The molecule has 2 heterocycles. The van der Waals surface area contributed by atoms with Gasteiger partial charge in [0.2, 0.25) is 5.88 Å². The van der Waals surface area contributed by atoms with E-state index in [2.05, 4.69) is 5.10 Å². The third kappa shape index (κ3) is 4.36. The lowest BCUT2D eigenvalue weighted by Gasteiger charge is -2.23. The van der Waals surface area contributed by atoms with Gasteiger partial charge in [-0.3, -0.25) is 14.4 Å². The van der Waals surface area contributed by atoms with Crippen LogP contribution in [0.2, 0.25) is 0 Å². The molecule has 1 N–H and O–H groups in total. The number of benzene rings is 2. The zero-order chi connectivity index (χ0) is 23.4. The summed E-state index contributed by atoms with van der Waals surface area (Å²) in [6.45, 7) is 1.62. The van der Waals surface area contributed by atoms with E-state index >= 15 is 0 Å². The van der Waals surface area contributed by atoms with Crippen LogP contribution >= 0.6 is 12.2 Å². The van der Waals surface area contributed by atoms with Crippen LogP contribution in [-0.2, 0) is 0 Å². The van der Waals surface area contributed by atoms with E-state index < -0.39 is 5.56 Å². The maximum Gasteiger partial charge on any atom is 0.271 e. The molecule has 9 heteroatoms. The van der Waals surface area contributed by atoms with E-state index in [1.54, 1.807) is 36.4 Å². The van der Waals surface area contributed by atoms with Crippen LogP contribution in [0, 0.1) is 4.77 Å². The number of rotatable bonds is 6. The first-order valence-electron chi connectivity index (χ1n) is 10.7. The van der Waals surface area contributed by atoms with Gasteiger partial charge in [-0.25, -0.2) is 4.57 Å². The highest BCUT2D eigenvalue weighted by Gasteiger charge is 2.21. The second-order valence-electron chi connectivity index (χ2n) is 7.60. The van der Waals surface area contributed by atoms with Crippen molar-refractivity contribution in [1.82, 2.24) is 14.1 Å². The third-order valence-electron chi connectivity index (χ3n) is 5.60. The maximum absolute atomic E-state index is 13.6. The predicted octanol–water partition coefficient (Wildman–Crippen LogP) is 3.90. The smallest absolute Gasteiger partial charge is 0.271 e. The van der Waals surface area contributed by atoms with Gasteiger partial charge in [0.15, 0.2) is 4.77 Å². The number of hydrazone groups is 1. The summed E-state index contributed by atoms with van der Waals surface area (Å²) in [6.07, 6.45) is 4.66. The van der Waals surface area contributed by atoms with Crippen molar-refractivity contribution in [3.8, 4) is 28.8 Å². The molecule has 33 heavy (non-hydrogen) atoms. The van der Waals surface area contributed by atoms with Gasteiger partial charge < -0.3 is 14.6 Å². The van der Waals surface area contributed by atoms with Crippen LogP contribution in [0.5, 0.6) is 17.4 Å².